The first-order chi connectivity index (χ1) is 8.26. The zero-order valence-electron chi connectivity index (χ0n) is 10.8. The van der Waals surface area contributed by atoms with Crippen molar-refractivity contribution in [2.45, 2.75) is 45.7 Å². The van der Waals surface area contributed by atoms with Gasteiger partial charge in [-0.05, 0) is 18.8 Å². The molecule has 17 heavy (non-hydrogen) atoms. The summed E-state index contributed by atoms with van der Waals surface area (Å²) in [5.41, 5.74) is 6.14. The molecule has 0 aliphatic carbocycles. The van der Waals surface area contributed by atoms with Crippen molar-refractivity contribution < 1.29 is 0 Å². The van der Waals surface area contributed by atoms with E-state index in [9.17, 15) is 0 Å². The van der Waals surface area contributed by atoms with Crippen LogP contribution in [0.3, 0.4) is 0 Å². The third kappa shape index (κ3) is 2.60. The molecule has 96 valence electrons. The summed E-state index contributed by atoms with van der Waals surface area (Å²) in [7, 11) is 0. The van der Waals surface area contributed by atoms with Gasteiger partial charge in [0.15, 0.2) is 0 Å². The van der Waals surface area contributed by atoms with Gasteiger partial charge in [0.1, 0.15) is 5.82 Å². The first kappa shape index (κ1) is 12.4. The minimum absolute atomic E-state index is 0.353. The van der Waals surface area contributed by atoms with Gasteiger partial charge >= 0.3 is 0 Å². The van der Waals surface area contributed by atoms with Crippen LogP contribution in [0.5, 0.6) is 0 Å². The summed E-state index contributed by atoms with van der Waals surface area (Å²) < 4.78 is 2.00. The molecule has 2 rings (SSSR count). The van der Waals surface area contributed by atoms with Crippen LogP contribution >= 0.6 is 0 Å². The quantitative estimate of drug-likeness (QED) is 0.856. The Bertz CT molecular complexity index is 348. The van der Waals surface area contributed by atoms with Gasteiger partial charge in [0, 0.05) is 25.7 Å². The van der Waals surface area contributed by atoms with Gasteiger partial charge in [-0.15, -0.1) is 5.10 Å². The smallest absolute Gasteiger partial charge is 0.147 e. The maximum atomic E-state index is 6.14. The van der Waals surface area contributed by atoms with E-state index in [-0.39, 0.29) is 0 Å². The molecule has 1 aromatic rings. The lowest BCUT2D eigenvalue weighted by molar-refractivity contribution is 0.344. The van der Waals surface area contributed by atoms with Gasteiger partial charge in [0.2, 0.25) is 0 Å². The van der Waals surface area contributed by atoms with E-state index in [2.05, 4.69) is 29.1 Å². The van der Waals surface area contributed by atoms with Crippen LogP contribution in [-0.4, -0.2) is 34.1 Å². The van der Waals surface area contributed by atoms with E-state index < -0.39 is 0 Å². The van der Waals surface area contributed by atoms with Gasteiger partial charge < -0.3 is 10.6 Å². The van der Waals surface area contributed by atoms with Gasteiger partial charge in [-0.3, -0.25) is 0 Å². The summed E-state index contributed by atoms with van der Waals surface area (Å²) in [6.45, 7) is 7.38. The Labute approximate surface area is 103 Å². The number of anilines is 1. The molecular formula is C12H23N5. The van der Waals surface area contributed by atoms with E-state index in [4.69, 9.17) is 5.73 Å². The molecule has 0 saturated carbocycles. The predicted octanol–water partition coefficient (Wildman–Crippen LogP) is 1.25. The van der Waals surface area contributed by atoms with Gasteiger partial charge in [-0.25, -0.2) is 4.68 Å². The molecule has 1 aliphatic heterocycles. The van der Waals surface area contributed by atoms with Crippen molar-refractivity contribution in [3.8, 4) is 0 Å². The van der Waals surface area contributed by atoms with E-state index in [0.29, 0.717) is 12.0 Å². The van der Waals surface area contributed by atoms with Crippen LogP contribution in [0.1, 0.15) is 33.1 Å². The number of nitrogens with two attached hydrogens (primary N) is 1. The number of aryl methyl sites for hydroxylation is 1. The lowest BCUT2D eigenvalue weighted by Crippen LogP contribution is -2.47. The lowest BCUT2D eigenvalue weighted by Gasteiger charge is -2.37. The maximum absolute atomic E-state index is 6.14. The largest absolute Gasteiger partial charge is 0.355 e. The molecule has 1 fully saturated rings. The Morgan fingerprint density at radius 2 is 2.29 bits per heavy atom. The fourth-order valence-electron chi connectivity index (χ4n) is 2.56. The van der Waals surface area contributed by atoms with Gasteiger partial charge in [0.05, 0.1) is 6.20 Å². The Hall–Kier alpha value is -1.10. The van der Waals surface area contributed by atoms with Crippen LogP contribution in [0.15, 0.2) is 6.20 Å². The number of aromatic nitrogens is 3. The SMILES string of the molecule is CCCn1nncc1N1CCC(N)C(CC)C1. The van der Waals surface area contributed by atoms with Crippen LogP contribution in [-0.2, 0) is 6.54 Å². The number of hydrogen-bond acceptors (Lipinski definition) is 4. The van der Waals surface area contributed by atoms with Crippen molar-refractivity contribution in [1.29, 1.82) is 0 Å². The van der Waals surface area contributed by atoms with E-state index in [1.54, 1.807) is 0 Å². The molecule has 0 spiro atoms. The van der Waals surface area contributed by atoms with Crippen LogP contribution in [0.25, 0.3) is 0 Å². The molecule has 1 aromatic heterocycles. The average Bonchev–Trinajstić information content (AvgIpc) is 2.78. The standard InChI is InChI=1S/C12H23N5/c1-3-6-17-12(8-14-15-17)16-7-5-11(13)10(4-2)9-16/h8,10-11H,3-7,9,13H2,1-2H3. The molecule has 2 N–H and O–H groups in total. The summed E-state index contributed by atoms with van der Waals surface area (Å²) >= 11 is 0. The predicted molar refractivity (Wildman–Crippen MR) is 68.9 cm³/mol. The van der Waals surface area contributed by atoms with Gasteiger partial charge in [-0.2, -0.15) is 0 Å². The lowest BCUT2D eigenvalue weighted by atomic mass is 9.91. The number of nitrogens with zero attached hydrogens (tertiary/aromatic N) is 4. The van der Waals surface area contributed by atoms with Crippen molar-refractivity contribution in [3.05, 3.63) is 6.20 Å². The minimum atomic E-state index is 0.353. The van der Waals surface area contributed by atoms with Crippen LogP contribution < -0.4 is 10.6 Å². The zero-order valence-corrected chi connectivity index (χ0v) is 10.8. The first-order valence-corrected chi connectivity index (χ1v) is 6.65. The van der Waals surface area contributed by atoms with Crippen molar-refractivity contribution in [2.75, 3.05) is 18.0 Å². The Kier molecular flexibility index (Phi) is 3.99. The Morgan fingerprint density at radius 1 is 1.47 bits per heavy atom. The summed E-state index contributed by atoms with van der Waals surface area (Å²) in [6.07, 6.45) is 5.17. The molecule has 1 aliphatic rings. The monoisotopic (exact) mass is 237 g/mol. The molecular weight excluding hydrogens is 214 g/mol. The molecule has 2 heterocycles. The second-order valence-corrected chi connectivity index (χ2v) is 4.88. The maximum Gasteiger partial charge on any atom is 0.147 e. The highest BCUT2D eigenvalue weighted by Crippen LogP contribution is 2.23. The molecule has 0 bridgehead atoms. The summed E-state index contributed by atoms with van der Waals surface area (Å²) in [6, 6.07) is 0.353. The third-order valence-electron chi connectivity index (χ3n) is 3.67. The van der Waals surface area contributed by atoms with Crippen molar-refractivity contribution >= 4 is 5.82 Å². The highest BCUT2D eigenvalue weighted by atomic mass is 15.5. The topological polar surface area (TPSA) is 60.0 Å². The number of hydrogen-bond donors (Lipinski definition) is 1. The molecule has 1 saturated heterocycles. The van der Waals surface area contributed by atoms with Crippen LogP contribution in [0, 0.1) is 5.92 Å². The molecule has 2 atom stereocenters. The first-order valence-electron chi connectivity index (χ1n) is 6.65. The van der Waals surface area contributed by atoms with E-state index in [1.807, 2.05) is 10.9 Å². The fourth-order valence-corrected chi connectivity index (χ4v) is 2.56. The van der Waals surface area contributed by atoms with Crippen molar-refractivity contribution in [3.63, 3.8) is 0 Å². The molecule has 5 nitrogen and oxygen atoms in total. The molecule has 2 unspecified atom stereocenters. The molecule has 5 heteroatoms. The van der Waals surface area contributed by atoms with E-state index >= 15 is 0 Å². The fraction of sp³-hybridized carbons (Fsp3) is 0.833. The van der Waals surface area contributed by atoms with Crippen LogP contribution in [0.4, 0.5) is 5.82 Å². The molecule has 0 amide bonds. The van der Waals surface area contributed by atoms with Gasteiger partial charge in [-0.1, -0.05) is 25.5 Å². The zero-order chi connectivity index (χ0) is 12.3. The Morgan fingerprint density at radius 3 is 3.00 bits per heavy atom. The second-order valence-electron chi connectivity index (χ2n) is 4.88. The van der Waals surface area contributed by atoms with Crippen molar-refractivity contribution in [2.24, 2.45) is 11.7 Å². The van der Waals surface area contributed by atoms with Crippen molar-refractivity contribution in [1.82, 2.24) is 15.0 Å². The number of piperidine rings is 1. The molecule has 0 radical (unpaired) electrons. The van der Waals surface area contributed by atoms with E-state index in [0.717, 1.165) is 44.7 Å². The summed E-state index contributed by atoms with van der Waals surface area (Å²) in [5.74, 6) is 1.74. The van der Waals surface area contributed by atoms with Crippen LogP contribution in [0.2, 0.25) is 0 Å². The highest BCUT2D eigenvalue weighted by molar-refractivity contribution is 5.37. The number of rotatable bonds is 4. The molecule has 0 aromatic carbocycles. The normalized spacial score (nSPS) is 25.2. The summed E-state index contributed by atoms with van der Waals surface area (Å²) in [4.78, 5) is 2.38. The van der Waals surface area contributed by atoms with Gasteiger partial charge in [0.25, 0.3) is 0 Å². The minimum Gasteiger partial charge on any atom is -0.355 e. The Balaban J connectivity index is 2.09. The average molecular weight is 237 g/mol. The van der Waals surface area contributed by atoms with E-state index in [1.165, 1.54) is 0 Å². The second kappa shape index (κ2) is 5.49. The third-order valence-corrected chi connectivity index (χ3v) is 3.67. The summed E-state index contributed by atoms with van der Waals surface area (Å²) in [5, 5.41) is 8.17. The highest BCUT2D eigenvalue weighted by Gasteiger charge is 2.27.